The molecule has 1 saturated heterocycles. The molecule has 0 aromatic heterocycles. The van der Waals surface area contributed by atoms with Gasteiger partial charge in [0.2, 0.25) is 0 Å². The molecule has 0 amide bonds. The summed E-state index contributed by atoms with van der Waals surface area (Å²) in [4.78, 5) is 2.59. The maximum atomic E-state index is 9.79. The summed E-state index contributed by atoms with van der Waals surface area (Å²) in [7, 11) is 0. The number of aliphatic hydroxyl groups is 1. The van der Waals surface area contributed by atoms with Crippen molar-refractivity contribution in [2.45, 2.75) is 69.5 Å². The predicted molar refractivity (Wildman–Crippen MR) is 73.3 cm³/mol. The van der Waals surface area contributed by atoms with E-state index in [1.54, 1.807) is 0 Å². The summed E-state index contributed by atoms with van der Waals surface area (Å²) in [5.74, 6) is 1.57. The summed E-state index contributed by atoms with van der Waals surface area (Å²) in [5.41, 5.74) is 6.38. The molecule has 18 heavy (non-hydrogen) atoms. The van der Waals surface area contributed by atoms with Gasteiger partial charge in [-0.05, 0) is 56.9 Å². The van der Waals surface area contributed by atoms with Gasteiger partial charge in [0.05, 0.1) is 6.61 Å². The predicted octanol–water partition coefficient (Wildman–Crippen LogP) is 1.74. The minimum atomic E-state index is 0.204. The molecule has 0 aromatic carbocycles. The van der Waals surface area contributed by atoms with Crippen molar-refractivity contribution < 1.29 is 5.11 Å². The first-order valence-corrected chi connectivity index (χ1v) is 7.93. The lowest BCUT2D eigenvalue weighted by Gasteiger charge is -2.48. The maximum absolute atomic E-state index is 9.79. The van der Waals surface area contributed by atoms with Gasteiger partial charge in [0.25, 0.3) is 0 Å². The quantitative estimate of drug-likeness (QED) is 0.801. The minimum absolute atomic E-state index is 0.204. The van der Waals surface area contributed by atoms with Crippen molar-refractivity contribution >= 4 is 0 Å². The van der Waals surface area contributed by atoms with E-state index in [-0.39, 0.29) is 18.7 Å². The highest BCUT2D eigenvalue weighted by Crippen LogP contribution is 2.39. The molecule has 4 atom stereocenters. The second-order valence-corrected chi connectivity index (χ2v) is 6.66. The van der Waals surface area contributed by atoms with E-state index in [1.807, 2.05) is 0 Å². The molecule has 2 unspecified atom stereocenters. The van der Waals surface area contributed by atoms with Crippen LogP contribution in [0.5, 0.6) is 0 Å². The molecule has 3 N–H and O–H groups in total. The van der Waals surface area contributed by atoms with E-state index >= 15 is 0 Å². The lowest BCUT2D eigenvalue weighted by molar-refractivity contribution is -0.00648. The Hall–Kier alpha value is -0.120. The van der Waals surface area contributed by atoms with Crippen LogP contribution in [0, 0.1) is 11.8 Å². The summed E-state index contributed by atoms with van der Waals surface area (Å²) in [6, 6.07) is 1.15. The fourth-order valence-electron chi connectivity index (χ4n) is 4.32. The number of fused-ring (bicyclic) bond motifs is 1. The minimum Gasteiger partial charge on any atom is -0.395 e. The summed E-state index contributed by atoms with van der Waals surface area (Å²) >= 11 is 0. The Morgan fingerprint density at radius 3 is 2.50 bits per heavy atom. The Balaban J connectivity index is 1.70. The van der Waals surface area contributed by atoms with Crippen molar-refractivity contribution in [3.8, 4) is 0 Å². The molecule has 0 bridgehead atoms. The molecule has 3 nitrogen and oxygen atoms in total. The van der Waals surface area contributed by atoms with Crippen LogP contribution in [0.3, 0.4) is 0 Å². The Morgan fingerprint density at radius 2 is 1.78 bits per heavy atom. The van der Waals surface area contributed by atoms with Crippen LogP contribution in [0.4, 0.5) is 0 Å². The van der Waals surface area contributed by atoms with Gasteiger partial charge in [0, 0.05) is 18.1 Å². The van der Waals surface area contributed by atoms with Crippen LogP contribution in [0.25, 0.3) is 0 Å². The largest absolute Gasteiger partial charge is 0.395 e. The molecule has 2 aliphatic carbocycles. The molecule has 0 spiro atoms. The Kier molecular flexibility index (Phi) is 3.92. The van der Waals surface area contributed by atoms with E-state index in [9.17, 15) is 5.11 Å². The second-order valence-electron chi connectivity index (χ2n) is 6.66. The molecule has 1 heterocycles. The number of hydrogen-bond acceptors (Lipinski definition) is 3. The molecule has 2 saturated carbocycles. The molecule has 3 heteroatoms. The first-order chi connectivity index (χ1) is 8.81. The van der Waals surface area contributed by atoms with Crippen LogP contribution in [0.15, 0.2) is 0 Å². The average Bonchev–Trinajstić information content (AvgIpc) is 3.24. The van der Waals surface area contributed by atoms with E-state index in [0.29, 0.717) is 5.92 Å². The zero-order valence-corrected chi connectivity index (χ0v) is 11.4. The molecular weight excluding hydrogens is 224 g/mol. The fraction of sp³-hybridized carbons (Fsp3) is 1.00. The summed E-state index contributed by atoms with van der Waals surface area (Å²) in [6.45, 7) is 1.41. The smallest absolute Gasteiger partial charge is 0.0602 e. The second kappa shape index (κ2) is 5.48. The van der Waals surface area contributed by atoms with Crippen molar-refractivity contribution in [1.82, 2.24) is 4.90 Å². The SMILES string of the molecule is NC(C1CC1)C(CO)N1CCC[C@H]2CCCC[C@H]21. The molecule has 104 valence electrons. The number of nitrogens with zero attached hydrogens (tertiary/aromatic N) is 1. The third-order valence-electron chi connectivity index (χ3n) is 5.51. The highest BCUT2D eigenvalue weighted by Gasteiger charge is 2.42. The zero-order chi connectivity index (χ0) is 12.5. The topological polar surface area (TPSA) is 49.5 Å². The maximum Gasteiger partial charge on any atom is 0.0602 e. The molecule has 3 rings (SSSR count). The Labute approximate surface area is 111 Å². The van der Waals surface area contributed by atoms with Crippen molar-refractivity contribution in [2.75, 3.05) is 13.2 Å². The lowest BCUT2D eigenvalue weighted by atomic mass is 9.77. The van der Waals surface area contributed by atoms with Crippen LogP contribution in [0.1, 0.15) is 51.4 Å². The Morgan fingerprint density at radius 1 is 1.06 bits per heavy atom. The Bertz CT molecular complexity index is 278. The van der Waals surface area contributed by atoms with Crippen LogP contribution >= 0.6 is 0 Å². The van der Waals surface area contributed by atoms with E-state index in [4.69, 9.17) is 5.73 Å². The number of rotatable bonds is 4. The van der Waals surface area contributed by atoms with Gasteiger partial charge in [-0.15, -0.1) is 0 Å². The van der Waals surface area contributed by atoms with Gasteiger partial charge >= 0.3 is 0 Å². The summed E-state index contributed by atoms with van der Waals surface area (Å²) in [6.07, 6.45) is 10.8. The molecule has 0 aromatic rings. The van der Waals surface area contributed by atoms with Gasteiger partial charge in [-0.2, -0.15) is 0 Å². The van der Waals surface area contributed by atoms with Gasteiger partial charge in [0.15, 0.2) is 0 Å². The average molecular weight is 252 g/mol. The highest BCUT2D eigenvalue weighted by atomic mass is 16.3. The molecule has 3 aliphatic rings. The van der Waals surface area contributed by atoms with Crippen LogP contribution in [0.2, 0.25) is 0 Å². The first-order valence-electron chi connectivity index (χ1n) is 7.93. The molecule has 0 radical (unpaired) electrons. The monoisotopic (exact) mass is 252 g/mol. The van der Waals surface area contributed by atoms with E-state index < -0.39 is 0 Å². The highest BCUT2D eigenvalue weighted by molar-refractivity contribution is 4.98. The van der Waals surface area contributed by atoms with Crippen LogP contribution in [-0.4, -0.2) is 41.3 Å². The molecule has 1 aliphatic heterocycles. The first kappa shape index (κ1) is 12.9. The van der Waals surface area contributed by atoms with Gasteiger partial charge < -0.3 is 10.8 Å². The standard InChI is InChI=1S/C15H28N2O/c16-15(12-7-8-12)14(10-18)17-9-3-5-11-4-1-2-6-13(11)17/h11-15,18H,1-10,16H2/t11-,13-,14?,15?/m1/s1. The van der Waals surface area contributed by atoms with Crippen LogP contribution in [-0.2, 0) is 0 Å². The van der Waals surface area contributed by atoms with Gasteiger partial charge in [-0.25, -0.2) is 0 Å². The summed E-state index contributed by atoms with van der Waals surface area (Å²) in [5, 5.41) is 9.79. The fourth-order valence-corrected chi connectivity index (χ4v) is 4.32. The summed E-state index contributed by atoms with van der Waals surface area (Å²) < 4.78 is 0. The molecule has 3 fully saturated rings. The molecular formula is C15H28N2O. The third-order valence-corrected chi connectivity index (χ3v) is 5.51. The van der Waals surface area contributed by atoms with Crippen molar-refractivity contribution in [2.24, 2.45) is 17.6 Å². The van der Waals surface area contributed by atoms with E-state index in [0.717, 1.165) is 18.5 Å². The number of aliphatic hydroxyl groups excluding tert-OH is 1. The zero-order valence-electron chi connectivity index (χ0n) is 11.4. The number of likely N-dealkylation sites (tertiary alicyclic amines) is 1. The van der Waals surface area contributed by atoms with Gasteiger partial charge in [0.1, 0.15) is 0 Å². The van der Waals surface area contributed by atoms with Crippen molar-refractivity contribution in [3.63, 3.8) is 0 Å². The van der Waals surface area contributed by atoms with Crippen LogP contribution < -0.4 is 5.73 Å². The van der Waals surface area contributed by atoms with E-state index in [2.05, 4.69) is 4.90 Å². The normalized spacial score (nSPS) is 37.0. The lowest BCUT2D eigenvalue weighted by Crippen LogP contribution is -2.59. The third kappa shape index (κ3) is 2.45. The number of hydrogen-bond donors (Lipinski definition) is 2. The number of nitrogens with two attached hydrogens (primary N) is 1. The number of piperidine rings is 1. The van der Waals surface area contributed by atoms with Crippen molar-refractivity contribution in [1.29, 1.82) is 0 Å². The van der Waals surface area contributed by atoms with Crippen molar-refractivity contribution in [3.05, 3.63) is 0 Å². The van der Waals surface area contributed by atoms with E-state index in [1.165, 1.54) is 51.4 Å². The van der Waals surface area contributed by atoms with Gasteiger partial charge in [-0.3, -0.25) is 4.90 Å². The van der Waals surface area contributed by atoms with Gasteiger partial charge in [-0.1, -0.05) is 12.8 Å².